The highest BCUT2D eigenvalue weighted by atomic mass is 79.9. The van der Waals surface area contributed by atoms with Gasteiger partial charge in [-0.1, -0.05) is 0 Å². The number of amides is 1. The minimum absolute atomic E-state index is 0.0230. The summed E-state index contributed by atoms with van der Waals surface area (Å²) in [4.78, 5) is 25.6. The zero-order chi connectivity index (χ0) is 14.4. The van der Waals surface area contributed by atoms with Crippen LogP contribution in [-0.2, 0) is 16.1 Å². The Morgan fingerprint density at radius 1 is 1.53 bits per heavy atom. The minimum Gasteiger partial charge on any atom is -0.480 e. The highest BCUT2D eigenvalue weighted by Gasteiger charge is 2.17. The number of aliphatic carboxylic acids is 1. The van der Waals surface area contributed by atoms with Crippen LogP contribution in [0.3, 0.4) is 0 Å². The van der Waals surface area contributed by atoms with Gasteiger partial charge in [0.05, 0.1) is 21.3 Å². The largest absolute Gasteiger partial charge is 0.480 e. The van der Waals surface area contributed by atoms with Gasteiger partial charge in [0, 0.05) is 11.4 Å². The lowest BCUT2D eigenvalue weighted by Crippen LogP contribution is -2.32. The van der Waals surface area contributed by atoms with Crippen LogP contribution in [-0.4, -0.2) is 39.4 Å². The number of carbonyl (C=O) groups excluding carboxylic acids is 1. The molecule has 0 aliphatic rings. The third kappa shape index (κ3) is 5.54. The first-order valence-corrected chi connectivity index (χ1v) is 8.46. The lowest BCUT2D eigenvalue weighted by Gasteiger charge is -2.20. The van der Waals surface area contributed by atoms with Crippen LogP contribution in [0.5, 0.6) is 0 Å². The number of carboxylic acids is 1. The fraction of sp³-hybridized carbons (Fsp3) is 0.500. The van der Waals surface area contributed by atoms with Gasteiger partial charge in [-0.3, -0.25) is 9.59 Å². The monoisotopic (exact) mass is 365 g/mol. The summed E-state index contributed by atoms with van der Waals surface area (Å²) < 4.78 is 1.04. The third-order valence-corrected chi connectivity index (χ3v) is 5.24. The Hall–Kier alpha value is -0.530. The Morgan fingerprint density at radius 3 is 2.68 bits per heavy atom. The van der Waals surface area contributed by atoms with E-state index in [4.69, 9.17) is 5.11 Å². The van der Waals surface area contributed by atoms with E-state index < -0.39 is 11.2 Å². The molecule has 1 unspecified atom stereocenters. The molecule has 0 aromatic carbocycles. The summed E-state index contributed by atoms with van der Waals surface area (Å²) in [6.07, 6.45) is 0. The number of nitrogens with zero attached hydrogens (tertiary/aromatic N) is 1. The van der Waals surface area contributed by atoms with Crippen molar-refractivity contribution in [3.05, 3.63) is 20.8 Å². The van der Waals surface area contributed by atoms with Gasteiger partial charge in [0.1, 0.15) is 0 Å². The minimum atomic E-state index is -0.886. The summed E-state index contributed by atoms with van der Waals surface area (Å²) in [5, 5.41) is 8.22. The van der Waals surface area contributed by atoms with E-state index in [9.17, 15) is 9.59 Å². The van der Waals surface area contributed by atoms with Crippen molar-refractivity contribution in [1.82, 2.24) is 4.90 Å². The summed E-state index contributed by atoms with van der Waals surface area (Å²) in [5.74, 6) is -0.707. The van der Waals surface area contributed by atoms with Crippen molar-refractivity contribution in [3.63, 3.8) is 0 Å². The molecule has 1 heterocycles. The predicted octanol–water partition coefficient (Wildman–Crippen LogP) is 3.07. The van der Waals surface area contributed by atoms with Gasteiger partial charge in [-0.15, -0.1) is 23.1 Å². The molecular weight excluding hydrogens is 350 g/mol. The Morgan fingerprint density at radius 2 is 2.21 bits per heavy atom. The molecule has 1 aromatic rings. The first-order valence-electron chi connectivity index (χ1n) is 5.80. The van der Waals surface area contributed by atoms with Crippen LogP contribution < -0.4 is 0 Å². The molecule has 19 heavy (non-hydrogen) atoms. The molecule has 0 saturated carbocycles. The van der Waals surface area contributed by atoms with Gasteiger partial charge in [-0.25, -0.2) is 0 Å². The summed E-state index contributed by atoms with van der Waals surface area (Å²) in [7, 11) is 0. The summed E-state index contributed by atoms with van der Waals surface area (Å²) >= 11 is 6.15. The van der Waals surface area contributed by atoms with Crippen LogP contribution in [0.15, 0.2) is 15.9 Å². The molecule has 1 rings (SSSR count). The van der Waals surface area contributed by atoms with Crippen molar-refractivity contribution in [1.29, 1.82) is 0 Å². The van der Waals surface area contributed by atoms with Crippen molar-refractivity contribution in [2.75, 3.05) is 12.3 Å². The molecular formula is C12H16BrNO3S2. The van der Waals surface area contributed by atoms with E-state index in [1.807, 2.05) is 19.1 Å². The third-order valence-electron chi connectivity index (χ3n) is 2.51. The van der Waals surface area contributed by atoms with Crippen molar-refractivity contribution < 1.29 is 14.7 Å². The average molecular weight is 366 g/mol. The number of carboxylic acid groups (broad SMARTS) is 1. The first kappa shape index (κ1) is 16.5. The highest BCUT2D eigenvalue weighted by molar-refractivity contribution is 9.11. The number of hydrogen-bond donors (Lipinski definition) is 1. The molecule has 1 N–H and O–H groups in total. The molecule has 0 radical (unpaired) electrons. The second-order valence-electron chi connectivity index (χ2n) is 3.91. The van der Waals surface area contributed by atoms with Gasteiger partial charge < -0.3 is 10.0 Å². The standard InChI is InChI=1S/C12H16BrNO3S2/c1-3-14(6-9-4-5-10(13)19-9)11(15)7-18-8(2)12(16)17/h4-5,8H,3,6-7H2,1-2H3,(H,16,17). The number of thiophene rings is 1. The SMILES string of the molecule is CCN(Cc1ccc(Br)s1)C(=O)CSC(C)C(=O)O. The molecule has 7 heteroatoms. The lowest BCUT2D eigenvalue weighted by atomic mass is 10.4. The summed E-state index contributed by atoms with van der Waals surface area (Å²) in [6.45, 7) is 4.71. The highest BCUT2D eigenvalue weighted by Crippen LogP contribution is 2.23. The van der Waals surface area contributed by atoms with Crippen molar-refractivity contribution in [3.8, 4) is 0 Å². The average Bonchev–Trinajstić information content (AvgIpc) is 2.77. The molecule has 1 atom stereocenters. The summed E-state index contributed by atoms with van der Waals surface area (Å²) in [5.41, 5.74) is 0. The molecule has 0 spiro atoms. The van der Waals surface area contributed by atoms with Gasteiger partial charge in [0.25, 0.3) is 0 Å². The quantitative estimate of drug-likeness (QED) is 0.806. The number of thioether (sulfide) groups is 1. The van der Waals surface area contributed by atoms with Crippen LogP contribution in [0.25, 0.3) is 0 Å². The topological polar surface area (TPSA) is 57.6 Å². The van der Waals surface area contributed by atoms with Crippen molar-refractivity contribution >= 4 is 50.9 Å². The molecule has 0 aliphatic heterocycles. The van der Waals surface area contributed by atoms with Crippen LogP contribution >= 0.6 is 39.0 Å². The fourth-order valence-corrected chi connectivity index (χ4v) is 3.58. The molecule has 0 fully saturated rings. The van der Waals surface area contributed by atoms with Crippen LogP contribution in [0, 0.1) is 0 Å². The second-order valence-corrected chi connectivity index (χ2v) is 7.78. The second kappa shape index (κ2) is 7.91. The van der Waals surface area contributed by atoms with E-state index in [0.29, 0.717) is 13.1 Å². The maximum Gasteiger partial charge on any atom is 0.316 e. The van der Waals surface area contributed by atoms with Gasteiger partial charge in [0.15, 0.2) is 0 Å². The lowest BCUT2D eigenvalue weighted by molar-refractivity contribution is -0.136. The molecule has 0 aliphatic carbocycles. The van der Waals surface area contributed by atoms with Crippen LogP contribution in [0.1, 0.15) is 18.7 Å². The molecule has 106 valence electrons. The number of rotatable bonds is 7. The number of carbonyl (C=O) groups is 2. The van der Waals surface area contributed by atoms with Gasteiger partial charge >= 0.3 is 5.97 Å². The maximum atomic E-state index is 12.0. The Bertz CT molecular complexity index is 450. The predicted molar refractivity (Wildman–Crippen MR) is 82.7 cm³/mol. The van der Waals surface area contributed by atoms with E-state index >= 15 is 0 Å². The Balaban J connectivity index is 2.50. The van der Waals surface area contributed by atoms with E-state index in [0.717, 1.165) is 20.4 Å². The van der Waals surface area contributed by atoms with Gasteiger partial charge in [-0.2, -0.15) is 0 Å². The molecule has 1 amide bonds. The number of hydrogen-bond acceptors (Lipinski definition) is 4. The van der Waals surface area contributed by atoms with Gasteiger partial charge in [0.2, 0.25) is 5.91 Å². The van der Waals surface area contributed by atoms with Crippen LogP contribution in [0.4, 0.5) is 0 Å². The molecule has 1 aromatic heterocycles. The van der Waals surface area contributed by atoms with Crippen molar-refractivity contribution in [2.45, 2.75) is 25.6 Å². The molecule has 0 bridgehead atoms. The zero-order valence-corrected chi connectivity index (χ0v) is 14.0. The van der Waals surface area contributed by atoms with E-state index in [1.165, 1.54) is 0 Å². The smallest absolute Gasteiger partial charge is 0.316 e. The fourth-order valence-electron chi connectivity index (χ4n) is 1.36. The van der Waals surface area contributed by atoms with Crippen molar-refractivity contribution in [2.24, 2.45) is 0 Å². The molecule has 0 saturated heterocycles. The first-order chi connectivity index (χ1) is 8.93. The Labute approximate surface area is 129 Å². The van der Waals surface area contributed by atoms with E-state index in [2.05, 4.69) is 15.9 Å². The Kier molecular flexibility index (Phi) is 6.88. The number of halogens is 1. The maximum absolute atomic E-state index is 12.0. The zero-order valence-electron chi connectivity index (χ0n) is 10.8. The van der Waals surface area contributed by atoms with E-state index in [1.54, 1.807) is 23.2 Å². The summed E-state index contributed by atoms with van der Waals surface area (Å²) in [6, 6.07) is 3.94. The van der Waals surface area contributed by atoms with E-state index in [-0.39, 0.29) is 11.7 Å². The van der Waals surface area contributed by atoms with Crippen LogP contribution in [0.2, 0.25) is 0 Å². The molecule has 4 nitrogen and oxygen atoms in total. The normalized spacial score (nSPS) is 12.2. The van der Waals surface area contributed by atoms with Gasteiger partial charge in [-0.05, 0) is 41.9 Å².